The Labute approximate surface area is 200 Å². The lowest BCUT2D eigenvalue weighted by atomic mass is 10.3. The summed E-state index contributed by atoms with van der Waals surface area (Å²) in [6, 6.07) is 8.94. The SMILES string of the molecule is CCOC(=O)/C=c1\s/c(=C\c2csc(-c3ccco3)n2)c(=O)n1CC(=O)Nc1cccc(F)c1. The zero-order valence-electron chi connectivity index (χ0n) is 17.8. The molecule has 0 saturated carbocycles. The molecule has 11 heteroatoms. The standard InChI is InChI=1S/C23H18FN3O5S2/c1-2-31-21(29)11-20-27(12-19(28)25-15-6-3-5-14(24)9-15)23(30)18(34-20)10-16-13-33-22(26-16)17-7-4-8-32-17/h3-11,13H,2,12H2,1H3,(H,25,28)/b18-10-,20-11-. The minimum absolute atomic E-state index is 0.165. The zero-order valence-corrected chi connectivity index (χ0v) is 19.5. The highest BCUT2D eigenvalue weighted by Crippen LogP contribution is 2.24. The molecule has 0 bridgehead atoms. The van der Waals surface area contributed by atoms with Crippen molar-refractivity contribution >= 4 is 52.4 Å². The molecule has 174 valence electrons. The summed E-state index contributed by atoms with van der Waals surface area (Å²) in [7, 11) is 0. The molecule has 4 aromatic rings. The molecule has 8 nitrogen and oxygen atoms in total. The summed E-state index contributed by atoms with van der Waals surface area (Å²) in [6.07, 6.45) is 4.29. The fourth-order valence-electron chi connectivity index (χ4n) is 2.99. The fraction of sp³-hybridized carbons (Fsp3) is 0.130. The van der Waals surface area contributed by atoms with Crippen molar-refractivity contribution in [2.24, 2.45) is 0 Å². The number of nitrogens with zero attached hydrogens (tertiary/aromatic N) is 2. The van der Waals surface area contributed by atoms with Crippen LogP contribution in [-0.2, 0) is 20.9 Å². The second-order valence-corrected chi connectivity index (χ2v) is 8.77. The first kappa shape index (κ1) is 23.3. The van der Waals surface area contributed by atoms with Crippen molar-refractivity contribution in [2.75, 3.05) is 11.9 Å². The lowest BCUT2D eigenvalue weighted by Gasteiger charge is -2.06. The van der Waals surface area contributed by atoms with Crippen LogP contribution in [0, 0.1) is 5.82 Å². The summed E-state index contributed by atoms with van der Waals surface area (Å²) < 4.78 is 25.4. The van der Waals surface area contributed by atoms with Crippen LogP contribution in [-0.4, -0.2) is 28.0 Å². The Balaban J connectivity index is 1.69. The van der Waals surface area contributed by atoms with Crippen LogP contribution in [0.5, 0.6) is 0 Å². The zero-order chi connectivity index (χ0) is 24.1. The van der Waals surface area contributed by atoms with E-state index in [0.29, 0.717) is 16.5 Å². The van der Waals surface area contributed by atoms with E-state index in [1.165, 1.54) is 34.1 Å². The summed E-state index contributed by atoms with van der Waals surface area (Å²) in [5.41, 5.74) is 0.320. The van der Waals surface area contributed by atoms with Crippen LogP contribution >= 0.6 is 22.7 Å². The minimum atomic E-state index is -0.636. The molecule has 0 aliphatic heterocycles. The minimum Gasteiger partial charge on any atom is -0.463 e. The van der Waals surface area contributed by atoms with Gasteiger partial charge >= 0.3 is 5.97 Å². The van der Waals surface area contributed by atoms with E-state index in [-0.39, 0.29) is 28.0 Å². The van der Waals surface area contributed by atoms with Gasteiger partial charge in [0.25, 0.3) is 5.56 Å². The number of amides is 1. The van der Waals surface area contributed by atoms with Crippen LogP contribution in [0.2, 0.25) is 0 Å². The molecule has 34 heavy (non-hydrogen) atoms. The van der Waals surface area contributed by atoms with Crippen LogP contribution in [0.25, 0.3) is 22.9 Å². The summed E-state index contributed by atoms with van der Waals surface area (Å²) in [5.74, 6) is -1.08. The summed E-state index contributed by atoms with van der Waals surface area (Å²) >= 11 is 2.39. The third kappa shape index (κ3) is 5.56. The number of carbonyl (C=O) groups is 2. The maximum Gasteiger partial charge on any atom is 0.333 e. The first-order valence-electron chi connectivity index (χ1n) is 10.1. The van der Waals surface area contributed by atoms with Crippen molar-refractivity contribution < 1.29 is 23.1 Å². The maximum atomic E-state index is 13.4. The monoisotopic (exact) mass is 499 g/mol. The van der Waals surface area contributed by atoms with Crippen molar-refractivity contribution in [3.8, 4) is 10.8 Å². The van der Waals surface area contributed by atoms with E-state index in [0.717, 1.165) is 23.5 Å². The quantitative estimate of drug-likeness (QED) is 0.392. The van der Waals surface area contributed by atoms with E-state index in [9.17, 15) is 18.8 Å². The third-order valence-electron chi connectivity index (χ3n) is 4.41. The number of benzene rings is 1. The van der Waals surface area contributed by atoms with Gasteiger partial charge in [-0.15, -0.1) is 22.7 Å². The van der Waals surface area contributed by atoms with Gasteiger partial charge in [0.05, 0.1) is 29.2 Å². The van der Waals surface area contributed by atoms with Gasteiger partial charge in [-0.1, -0.05) is 6.07 Å². The van der Waals surface area contributed by atoms with E-state index in [2.05, 4.69) is 10.3 Å². The van der Waals surface area contributed by atoms with Gasteiger partial charge in [-0.2, -0.15) is 0 Å². The van der Waals surface area contributed by atoms with Gasteiger partial charge in [-0.05, 0) is 43.3 Å². The molecule has 1 N–H and O–H groups in total. The number of anilines is 1. The predicted octanol–water partition coefficient (Wildman–Crippen LogP) is 2.58. The van der Waals surface area contributed by atoms with Gasteiger partial charge in [0.1, 0.15) is 17.0 Å². The number of hydrogen-bond donors (Lipinski definition) is 1. The van der Waals surface area contributed by atoms with Gasteiger partial charge in [-0.3, -0.25) is 14.2 Å². The van der Waals surface area contributed by atoms with Gasteiger partial charge in [-0.25, -0.2) is 14.2 Å². The average Bonchev–Trinajstić information content (AvgIpc) is 3.53. The number of hydrogen-bond acceptors (Lipinski definition) is 8. The second-order valence-electron chi connectivity index (χ2n) is 6.85. The molecular weight excluding hydrogens is 481 g/mol. The molecule has 0 aliphatic rings. The normalized spacial score (nSPS) is 12.2. The smallest absolute Gasteiger partial charge is 0.333 e. The molecule has 0 fully saturated rings. The van der Waals surface area contributed by atoms with Gasteiger partial charge < -0.3 is 14.5 Å². The first-order valence-corrected chi connectivity index (χ1v) is 11.8. The van der Waals surface area contributed by atoms with Crippen LogP contribution in [0.3, 0.4) is 0 Å². The summed E-state index contributed by atoms with van der Waals surface area (Å²) in [5, 5.41) is 4.97. The van der Waals surface area contributed by atoms with Crippen molar-refractivity contribution in [1.29, 1.82) is 0 Å². The van der Waals surface area contributed by atoms with Crippen LogP contribution in [0.15, 0.2) is 57.3 Å². The third-order valence-corrected chi connectivity index (χ3v) is 6.34. The lowest BCUT2D eigenvalue weighted by Crippen LogP contribution is -2.36. The van der Waals surface area contributed by atoms with E-state index < -0.39 is 23.3 Å². The average molecular weight is 500 g/mol. The van der Waals surface area contributed by atoms with E-state index in [1.807, 2.05) is 0 Å². The molecule has 0 unspecified atom stereocenters. The van der Waals surface area contributed by atoms with Crippen LogP contribution < -0.4 is 20.1 Å². The van der Waals surface area contributed by atoms with E-state index in [1.54, 1.807) is 36.8 Å². The molecule has 4 rings (SSSR count). The number of furan rings is 1. The Morgan fingerprint density at radius 1 is 1.29 bits per heavy atom. The number of nitrogens with one attached hydrogen (secondary N) is 1. The number of aromatic nitrogens is 2. The predicted molar refractivity (Wildman–Crippen MR) is 127 cm³/mol. The molecule has 0 atom stereocenters. The molecule has 1 amide bonds. The van der Waals surface area contributed by atoms with Crippen molar-refractivity contribution in [1.82, 2.24) is 9.55 Å². The Kier molecular flexibility index (Phi) is 7.14. The van der Waals surface area contributed by atoms with Gasteiger partial charge in [0.2, 0.25) is 5.91 Å². The Hall–Kier alpha value is -3.83. The Bertz CT molecular complexity index is 1500. The van der Waals surface area contributed by atoms with E-state index in [4.69, 9.17) is 9.15 Å². The molecule has 1 aromatic carbocycles. The lowest BCUT2D eigenvalue weighted by molar-refractivity contribution is -0.135. The Morgan fingerprint density at radius 3 is 2.88 bits per heavy atom. The van der Waals surface area contributed by atoms with Crippen molar-refractivity contribution in [3.63, 3.8) is 0 Å². The number of carbonyl (C=O) groups excluding carboxylic acids is 2. The van der Waals surface area contributed by atoms with Gasteiger partial charge in [0, 0.05) is 11.1 Å². The Morgan fingerprint density at radius 2 is 2.15 bits per heavy atom. The number of esters is 1. The van der Waals surface area contributed by atoms with Crippen molar-refractivity contribution in [2.45, 2.75) is 13.5 Å². The molecular formula is C23H18FN3O5S2. The molecule has 3 aromatic heterocycles. The highest BCUT2D eigenvalue weighted by Gasteiger charge is 2.13. The highest BCUT2D eigenvalue weighted by molar-refractivity contribution is 7.13. The molecule has 0 saturated heterocycles. The number of halogens is 1. The molecule has 0 radical (unpaired) electrons. The number of rotatable bonds is 7. The fourth-order valence-corrected chi connectivity index (χ4v) is 4.75. The number of thiazole rings is 2. The first-order chi connectivity index (χ1) is 16.4. The molecule has 0 spiro atoms. The van der Waals surface area contributed by atoms with E-state index >= 15 is 0 Å². The largest absolute Gasteiger partial charge is 0.463 e. The second kappa shape index (κ2) is 10.4. The topological polar surface area (TPSA) is 103 Å². The molecule has 0 aliphatic carbocycles. The summed E-state index contributed by atoms with van der Waals surface area (Å²) in [4.78, 5) is 42.1. The van der Waals surface area contributed by atoms with Crippen LogP contribution in [0.1, 0.15) is 12.6 Å². The molecule has 3 heterocycles. The van der Waals surface area contributed by atoms with Crippen LogP contribution in [0.4, 0.5) is 10.1 Å². The summed E-state index contributed by atoms with van der Waals surface area (Å²) in [6.45, 7) is 1.45. The number of ether oxygens (including phenoxy) is 1. The van der Waals surface area contributed by atoms with Crippen molar-refractivity contribution in [3.05, 3.63) is 79.1 Å². The highest BCUT2D eigenvalue weighted by atomic mass is 32.1. The van der Waals surface area contributed by atoms with Gasteiger partial charge in [0.15, 0.2) is 10.8 Å². The maximum absolute atomic E-state index is 13.4.